The van der Waals surface area contributed by atoms with E-state index in [1.54, 1.807) is 0 Å². The molecule has 0 saturated heterocycles. The number of unbranched alkanes of at least 4 members (excludes halogenated alkanes) is 1. The van der Waals surface area contributed by atoms with Crippen LogP contribution in [0.4, 0.5) is 0 Å². The molecule has 0 unspecified atom stereocenters. The van der Waals surface area contributed by atoms with E-state index in [0.717, 1.165) is 6.54 Å². The van der Waals surface area contributed by atoms with Crippen LogP contribution in [0.1, 0.15) is 19.8 Å². The van der Waals surface area contributed by atoms with Crippen LogP contribution in [0.5, 0.6) is 0 Å². The molecule has 0 fully saturated rings. The van der Waals surface area contributed by atoms with Crippen LogP contribution in [0.2, 0.25) is 0 Å². The van der Waals surface area contributed by atoms with Gasteiger partial charge in [-0.25, -0.2) is 4.57 Å². The van der Waals surface area contributed by atoms with Gasteiger partial charge in [0.25, 0.3) is 0 Å². The lowest BCUT2D eigenvalue weighted by Gasteiger charge is -1.91. The van der Waals surface area contributed by atoms with Crippen LogP contribution in [0.15, 0.2) is 30.6 Å². The summed E-state index contributed by atoms with van der Waals surface area (Å²) < 4.78 is 2.21. The zero-order valence-corrected chi connectivity index (χ0v) is 8.37. The Morgan fingerprint density at radius 1 is 1.07 bits per heavy atom. The number of aromatic nitrogens is 1. The van der Waals surface area contributed by atoms with Crippen LogP contribution in [-0.4, -0.2) is 22.4 Å². The van der Waals surface area contributed by atoms with Crippen molar-refractivity contribution in [3.8, 4) is 0 Å². The smallest absolute Gasteiger partial charge is 0.402 e. The van der Waals surface area contributed by atoms with Crippen molar-refractivity contribution in [2.45, 2.75) is 26.3 Å². The first-order valence-corrected chi connectivity index (χ1v) is 4.65. The van der Waals surface area contributed by atoms with Gasteiger partial charge in [0.1, 0.15) is 6.54 Å². The number of nitrogens with zero attached hydrogens (tertiary/aromatic N) is 1. The van der Waals surface area contributed by atoms with Crippen molar-refractivity contribution < 1.29 is 19.6 Å². The highest BCUT2D eigenvalue weighted by Gasteiger charge is 1.93. The molecule has 4 nitrogen and oxygen atoms in total. The second-order valence-electron chi connectivity index (χ2n) is 2.81. The lowest BCUT2D eigenvalue weighted by Crippen LogP contribution is -2.31. The van der Waals surface area contributed by atoms with E-state index in [0.29, 0.717) is 0 Å². The van der Waals surface area contributed by atoms with Crippen molar-refractivity contribution in [3.63, 3.8) is 0 Å². The summed E-state index contributed by atoms with van der Waals surface area (Å²) in [5, 5.41) is 21.5. The van der Waals surface area contributed by atoms with Gasteiger partial charge in [0.2, 0.25) is 0 Å². The normalized spacial score (nSPS) is 8.86. The second-order valence-corrected chi connectivity index (χ2v) is 2.81. The Labute approximate surface area is 84.6 Å². The van der Waals surface area contributed by atoms with Gasteiger partial charge in [-0.2, -0.15) is 0 Å². The molecule has 0 aromatic carbocycles. The average Bonchev–Trinajstić information content (AvgIpc) is 2.15. The number of pyridine rings is 1. The first kappa shape index (κ1) is 13.1. The maximum atomic E-state index is 7.17. The number of aryl methyl sites for hydroxylation is 1. The zero-order valence-electron chi connectivity index (χ0n) is 8.37. The van der Waals surface area contributed by atoms with E-state index < -0.39 is 7.32 Å². The first-order valence-electron chi connectivity index (χ1n) is 4.65. The molecule has 1 heterocycles. The molecule has 3 N–H and O–H groups in total. The fraction of sp³-hybridized carbons (Fsp3) is 0.444. The molecule has 0 bridgehead atoms. The van der Waals surface area contributed by atoms with Gasteiger partial charge < -0.3 is 15.1 Å². The quantitative estimate of drug-likeness (QED) is 0.462. The molecule has 1 rings (SSSR count). The Morgan fingerprint density at radius 2 is 1.57 bits per heavy atom. The Kier molecular flexibility index (Phi) is 8.12. The van der Waals surface area contributed by atoms with Crippen molar-refractivity contribution >= 4 is 7.32 Å². The Bertz CT molecular complexity index is 216. The minimum absolute atomic E-state index is 1.15. The first-order chi connectivity index (χ1) is 6.66. The number of rotatable bonds is 3. The predicted octanol–water partition coefficient (Wildman–Crippen LogP) is -0.278. The summed E-state index contributed by atoms with van der Waals surface area (Å²) >= 11 is 0. The largest absolute Gasteiger partial charge is 0.631 e. The Hall–Kier alpha value is -0.905. The minimum atomic E-state index is -2.17. The zero-order chi connectivity index (χ0) is 10.8. The molecule has 0 amide bonds. The van der Waals surface area contributed by atoms with Gasteiger partial charge in [-0.05, 0) is 0 Å². The van der Waals surface area contributed by atoms with Crippen molar-refractivity contribution in [1.82, 2.24) is 0 Å². The lowest BCUT2D eigenvalue weighted by atomic mass is 10.3. The lowest BCUT2D eigenvalue weighted by molar-refractivity contribution is -0.697. The van der Waals surface area contributed by atoms with E-state index in [9.17, 15) is 0 Å². The van der Waals surface area contributed by atoms with Crippen LogP contribution in [0.3, 0.4) is 0 Å². The highest BCUT2D eigenvalue weighted by atomic mass is 16.5. The summed E-state index contributed by atoms with van der Waals surface area (Å²) in [5.41, 5.74) is 0. The van der Waals surface area contributed by atoms with Crippen LogP contribution in [-0.2, 0) is 6.54 Å². The topological polar surface area (TPSA) is 64.6 Å². The van der Waals surface area contributed by atoms with Crippen LogP contribution in [0, 0.1) is 0 Å². The minimum Gasteiger partial charge on any atom is -0.402 e. The molecule has 0 atom stereocenters. The third-order valence-electron chi connectivity index (χ3n) is 1.55. The van der Waals surface area contributed by atoms with E-state index in [1.807, 2.05) is 6.07 Å². The average molecular weight is 198 g/mol. The van der Waals surface area contributed by atoms with E-state index >= 15 is 0 Å². The highest BCUT2D eigenvalue weighted by Crippen LogP contribution is 1.85. The maximum Gasteiger partial charge on any atom is 0.631 e. The summed E-state index contributed by atoms with van der Waals surface area (Å²) in [6, 6.07) is 6.17. The molecule has 0 saturated carbocycles. The highest BCUT2D eigenvalue weighted by molar-refractivity contribution is 6.30. The van der Waals surface area contributed by atoms with Gasteiger partial charge in [0.05, 0.1) is 0 Å². The molecule has 5 heteroatoms. The molecule has 0 aliphatic heterocycles. The Balaban J connectivity index is 0.000000364. The van der Waals surface area contributed by atoms with Gasteiger partial charge in [-0.15, -0.1) is 0 Å². The molecule has 78 valence electrons. The fourth-order valence-electron chi connectivity index (χ4n) is 0.924. The van der Waals surface area contributed by atoms with Gasteiger partial charge in [0.15, 0.2) is 12.4 Å². The maximum absolute atomic E-state index is 7.17. The van der Waals surface area contributed by atoms with Gasteiger partial charge in [-0.3, -0.25) is 0 Å². The van der Waals surface area contributed by atoms with Crippen LogP contribution >= 0.6 is 0 Å². The molecule has 0 spiro atoms. The van der Waals surface area contributed by atoms with Crippen LogP contribution < -0.4 is 4.57 Å². The molecule has 1 aromatic rings. The van der Waals surface area contributed by atoms with Crippen molar-refractivity contribution in [1.29, 1.82) is 0 Å². The Morgan fingerprint density at radius 3 is 2.00 bits per heavy atom. The monoisotopic (exact) mass is 198 g/mol. The molecule has 0 aliphatic carbocycles. The summed E-state index contributed by atoms with van der Waals surface area (Å²) in [6.07, 6.45) is 6.75. The third-order valence-corrected chi connectivity index (χ3v) is 1.55. The van der Waals surface area contributed by atoms with E-state index in [1.165, 1.54) is 12.8 Å². The second kappa shape index (κ2) is 8.68. The SMILES string of the molecule is CCCC[n+]1ccccc1.OB(O)O. The number of hydrogen-bond donors (Lipinski definition) is 3. The van der Waals surface area contributed by atoms with Crippen molar-refractivity contribution in [3.05, 3.63) is 30.6 Å². The molecule has 1 aromatic heterocycles. The summed E-state index contributed by atoms with van der Waals surface area (Å²) in [6.45, 7) is 3.36. The summed E-state index contributed by atoms with van der Waals surface area (Å²) in [4.78, 5) is 0. The molecule has 14 heavy (non-hydrogen) atoms. The third kappa shape index (κ3) is 9.19. The summed E-state index contributed by atoms with van der Waals surface area (Å²) in [5.74, 6) is 0. The molecular weight excluding hydrogens is 181 g/mol. The molecule has 0 radical (unpaired) electrons. The van der Waals surface area contributed by atoms with Gasteiger partial charge in [0, 0.05) is 18.6 Å². The molecule has 0 aliphatic rings. The number of hydrogen-bond acceptors (Lipinski definition) is 3. The van der Waals surface area contributed by atoms with Crippen LogP contribution in [0.25, 0.3) is 0 Å². The van der Waals surface area contributed by atoms with Gasteiger partial charge >= 0.3 is 7.32 Å². The summed E-state index contributed by atoms with van der Waals surface area (Å²) in [7, 11) is -2.17. The van der Waals surface area contributed by atoms with E-state index in [4.69, 9.17) is 15.1 Å². The standard InChI is InChI=1S/C9H14N.BH3O3/c1-2-3-7-10-8-5-4-6-9-10;2-1(3)4/h4-6,8-9H,2-3,7H2,1H3;2-4H/q+1;. The molecular formula is C9H17BNO3+. The van der Waals surface area contributed by atoms with Gasteiger partial charge in [-0.1, -0.05) is 19.4 Å². The van der Waals surface area contributed by atoms with E-state index in [2.05, 4.69) is 36.0 Å². The van der Waals surface area contributed by atoms with Crippen molar-refractivity contribution in [2.24, 2.45) is 0 Å². The van der Waals surface area contributed by atoms with E-state index in [-0.39, 0.29) is 0 Å². The fourth-order valence-corrected chi connectivity index (χ4v) is 0.924. The van der Waals surface area contributed by atoms with Crippen molar-refractivity contribution in [2.75, 3.05) is 0 Å². The predicted molar refractivity (Wildman–Crippen MR) is 54.0 cm³/mol.